The average Bonchev–Trinajstić information content (AvgIpc) is 4.00. The highest BCUT2D eigenvalue weighted by atomic mass is 32.2. The molecule has 0 radical (unpaired) electrons. The third-order valence-electron chi connectivity index (χ3n) is 12.0. The number of halogens is 6. The molecule has 2 unspecified atom stereocenters. The van der Waals surface area contributed by atoms with Crippen LogP contribution in [0.4, 0.5) is 32.0 Å². The predicted molar refractivity (Wildman–Crippen MR) is 205 cm³/mol. The Morgan fingerprint density at radius 3 is 1.50 bits per heavy atom. The maximum atomic E-state index is 12.6. The quantitative estimate of drug-likeness (QED) is 0.317. The molecule has 2 aromatic carbocycles. The van der Waals surface area contributed by atoms with Crippen LogP contribution >= 0.6 is 0 Å². The molecule has 2 saturated heterocycles. The van der Waals surface area contributed by atoms with Crippen molar-refractivity contribution >= 4 is 43.3 Å². The lowest BCUT2D eigenvalue weighted by molar-refractivity contribution is -0.184. The lowest BCUT2D eigenvalue weighted by Crippen LogP contribution is -2.41. The van der Waals surface area contributed by atoms with Gasteiger partial charge in [-0.3, -0.25) is 14.4 Å². The molecule has 2 atom stereocenters. The van der Waals surface area contributed by atoms with E-state index in [1.165, 1.54) is 46.2 Å². The summed E-state index contributed by atoms with van der Waals surface area (Å²) in [5.41, 5.74) is 10.7. The maximum Gasteiger partial charge on any atom is 0.471 e. The predicted octanol–water partition coefficient (Wildman–Crippen LogP) is 4.14. The van der Waals surface area contributed by atoms with Crippen LogP contribution in [0.15, 0.2) is 12.1 Å². The van der Waals surface area contributed by atoms with Crippen LogP contribution in [0.5, 0.6) is 5.75 Å². The molecular formula is C39H45F6N5O8S2. The van der Waals surface area contributed by atoms with E-state index in [0.29, 0.717) is 9.80 Å². The number of nitrogens with zero attached hydrogens (tertiary/aromatic N) is 3. The molecule has 0 bridgehead atoms. The van der Waals surface area contributed by atoms with Gasteiger partial charge in [-0.25, -0.2) is 22.0 Å². The smallest absolute Gasteiger partial charge is 0.387 e. The molecule has 3 amide bonds. The van der Waals surface area contributed by atoms with Crippen LogP contribution in [0.3, 0.4) is 0 Å². The number of sulfonamides is 1. The molecule has 13 nitrogen and oxygen atoms in total. The van der Waals surface area contributed by atoms with E-state index in [-0.39, 0.29) is 25.9 Å². The Kier molecular flexibility index (Phi) is 13.2. The summed E-state index contributed by atoms with van der Waals surface area (Å²) >= 11 is 0. The van der Waals surface area contributed by atoms with Gasteiger partial charge < -0.3 is 19.9 Å². The number of likely N-dealkylation sites (tertiary alicyclic amines) is 2. The number of alkyl halides is 6. The number of fused-ring (bicyclic) bond motifs is 4. The zero-order chi connectivity index (χ0) is 43.8. The number of aryl methyl sites for hydroxylation is 4. The Hall–Kier alpha value is -4.42. The van der Waals surface area contributed by atoms with Gasteiger partial charge >= 0.3 is 24.2 Å². The molecule has 2 heterocycles. The number of anilines is 1. The molecule has 0 saturated carbocycles. The number of carbonyl (C=O) groups is 3. The summed E-state index contributed by atoms with van der Waals surface area (Å²) < 4.78 is 126. The van der Waals surface area contributed by atoms with Gasteiger partial charge in [-0.05, 0) is 134 Å². The van der Waals surface area contributed by atoms with Gasteiger partial charge in [-0.2, -0.15) is 26.3 Å². The van der Waals surface area contributed by atoms with E-state index in [0.717, 1.165) is 86.8 Å². The van der Waals surface area contributed by atoms with E-state index >= 15 is 0 Å². The van der Waals surface area contributed by atoms with Crippen LogP contribution < -0.4 is 15.2 Å². The molecule has 328 valence electrons. The Balaban J connectivity index is 0.000000168. The van der Waals surface area contributed by atoms with E-state index in [1.54, 1.807) is 0 Å². The largest absolute Gasteiger partial charge is 0.471 e. The van der Waals surface area contributed by atoms with Gasteiger partial charge in [-0.1, -0.05) is 12.1 Å². The number of sulfone groups is 1. The summed E-state index contributed by atoms with van der Waals surface area (Å²) in [6.45, 7) is -1.55. The Morgan fingerprint density at radius 2 is 1.10 bits per heavy atom. The fourth-order valence-electron chi connectivity index (χ4n) is 9.12. The van der Waals surface area contributed by atoms with E-state index in [1.807, 2.05) is 6.26 Å². The van der Waals surface area contributed by atoms with Crippen LogP contribution in [0.2, 0.25) is 0 Å². The van der Waals surface area contributed by atoms with Crippen molar-refractivity contribution in [2.24, 2.45) is 5.14 Å². The number of primary sulfonamides is 1. The van der Waals surface area contributed by atoms with Crippen molar-refractivity contribution in [3.8, 4) is 12.0 Å². The highest BCUT2D eigenvalue weighted by Gasteiger charge is 2.47. The van der Waals surface area contributed by atoms with E-state index in [2.05, 4.69) is 17.4 Å². The Morgan fingerprint density at radius 1 is 0.700 bits per heavy atom. The van der Waals surface area contributed by atoms with Gasteiger partial charge in [0.25, 0.3) is 6.26 Å². The first-order chi connectivity index (χ1) is 28.1. The van der Waals surface area contributed by atoms with Gasteiger partial charge in [0.2, 0.25) is 15.9 Å². The molecular weight excluding hydrogens is 845 g/mol. The van der Waals surface area contributed by atoms with Crippen LogP contribution in [-0.2, 0) is 85.6 Å². The zero-order valence-corrected chi connectivity index (χ0v) is 34.1. The number of nitrogens with two attached hydrogens (primary N) is 1. The van der Waals surface area contributed by atoms with E-state index in [9.17, 15) is 57.6 Å². The summed E-state index contributed by atoms with van der Waals surface area (Å²) in [4.78, 5) is 35.6. The second-order valence-electron chi connectivity index (χ2n) is 15.9. The van der Waals surface area contributed by atoms with Crippen molar-refractivity contribution < 1.29 is 62.3 Å². The second kappa shape index (κ2) is 17.5. The first-order valence-corrected chi connectivity index (χ1v) is 23.0. The van der Waals surface area contributed by atoms with E-state index in [4.69, 9.17) is 15.1 Å². The van der Waals surface area contributed by atoms with Crippen LogP contribution in [-0.4, -0.2) is 99.1 Å². The van der Waals surface area contributed by atoms with Crippen molar-refractivity contribution in [1.82, 2.24) is 9.80 Å². The number of benzene rings is 2. The van der Waals surface area contributed by atoms with Gasteiger partial charge in [-0.15, -0.1) is 5.26 Å². The molecule has 2 aliphatic heterocycles. The third-order valence-corrected chi connectivity index (χ3v) is 15.3. The molecule has 8 rings (SSSR count). The van der Waals surface area contributed by atoms with Crippen molar-refractivity contribution in [2.45, 2.75) is 113 Å². The minimum Gasteiger partial charge on any atom is -0.387 e. The normalized spacial score (nSPS) is 20.5. The fraction of sp³-hybridized carbons (Fsp3) is 0.590. The summed E-state index contributed by atoms with van der Waals surface area (Å²) in [7, 11) is -7.87. The molecule has 0 spiro atoms. The van der Waals surface area contributed by atoms with Gasteiger partial charge in [0.15, 0.2) is 9.84 Å². The summed E-state index contributed by atoms with van der Waals surface area (Å²) in [6, 6.07) is 4.54. The summed E-state index contributed by atoms with van der Waals surface area (Å²) in [5.74, 6) is -4.64. The average molecular weight is 890 g/mol. The molecule has 0 aromatic heterocycles. The number of ether oxygens (including phenoxy) is 1. The molecule has 3 N–H and O–H groups in total. The first-order valence-electron chi connectivity index (χ1n) is 19.7. The van der Waals surface area contributed by atoms with Crippen LogP contribution in [0, 0.1) is 11.5 Å². The molecule has 60 heavy (non-hydrogen) atoms. The SMILES string of the molecule is N#COc1c2c(cc3c1CCC3)CCC2.NS(=O)(=O)C1CCN(C(=O)C(F)(F)F)C1.O=C(CS(=O)(=O)C1CCN(C(=O)C(F)(F)F)C1)Nc1c2c(cc3c1CCC3)CCC2. The third kappa shape index (κ3) is 10.0. The van der Waals surface area contributed by atoms with Crippen LogP contribution in [0.1, 0.15) is 83.0 Å². The topological polar surface area (TPSA) is 197 Å². The Bertz CT molecular complexity index is 2250. The standard InChI is InChI=1S/C20H23F3N2O4S.C13H13NO.C6H9F3N2O3S/c21-20(22,23)19(27)25-8-7-14(10-25)30(28,29)11-17(26)24-18-15-5-1-3-12(15)9-13-4-2-6-16(13)18;14-8-15-13-11-5-1-3-9(11)7-10-4-2-6-12(10)13;7-6(8,9)5(12)11-2-1-4(3-11)15(10,13)14/h9,14H,1-8,10-11H2,(H,24,26);7H,1-6H2;4H,1-3H2,(H2,10,13,14). The minimum atomic E-state index is -5.04. The fourth-order valence-corrected chi connectivity index (χ4v) is 11.5. The monoisotopic (exact) mass is 889 g/mol. The molecule has 6 aliphatic rings. The van der Waals surface area contributed by atoms with Crippen molar-refractivity contribution in [3.05, 3.63) is 56.6 Å². The molecule has 21 heteroatoms. The van der Waals surface area contributed by atoms with E-state index < -0.39 is 79.3 Å². The van der Waals surface area contributed by atoms with Gasteiger partial charge in [0, 0.05) is 31.9 Å². The number of nitrogens with one attached hydrogen (secondary N) is 1. The number of hydrogen-bond donors (Lipinski definition) is 2. The minimum absolute atomic E-state index is 0.0549. The molecule has 4 aliphatic carbocycles. The summed E-state index contributed by atoms with van der Waals surface area (Å²) in [5, 5.41) is 14.0. The lowest BCUT2D eigenvalue weighted by atomic mass is 9.98. The van der Waals surface area contributed by atoms with Crippen LogP contribution in [0.25, 0.3) is 0 Å². The number of hydrogen-bond acceptors (Lipinski definition) is 9. The van der Waals surface area contributed by atoms with Gasteiger partial charge in [0.1, 0.15) is 11.5 Å². The Labute approximate surface area is 343 Å². The highest BCUT2D eigenvalue weighted by molar-refractivity contribution is 7.92. The highest BCUT2D eigenvalue weighted by Crippen LogP contribution is 2.41. The number of amides is 3. The van der Waals surface area contributed by atoms with Crippen molar-refractivity contribution in [3.63, 3.8) is 0 Å². The first kappa shape index (κ1) is 45.1. The lowest BCUT2D eigenvalue weighted by Gasteiger charge is -2.18. The molecule has 2 fully saturated rings. The molecule has 2 aromatic rings. The number of carbonyl (C=O) groups excluding carboxylic acids is 3. The number of rotatable bonds is 6. The van der Waals surface area contributed by atoms with Crippen molar-refractivity contribution in [1.29, 1.82) is 5.26 Å². The van der Waals surface area contributed by atoms with Crippen molar-refractivity contribution in [2.75, 3.05) is 37.2 Å². The second-order valence-corrected chi connectivity index (χ2v) is 20.0. The maximum absolute atomic E-state index is 12.6. The summed E-state index contributed by atoms with van der Waals surface area (Å²) in [6.07, 6.45) is 4.11. The van der Waals surface area contributed by atoms with Gasteiger partial charge in [0.05, 0.1) is 10.5 Å². The zero-order valence-electron chi connectivity index (χ0n) is 32.5. The number of nitriles is 1.